The minimum absolute atomic E-state index is 0.0383. The maximum Gasteiger partial charge on any atom is 0.305 e. The molecule has 1 amide bonds. The van der Waals surface area contributed by atoms with Crippen molar-refractivity contribution < 1.29 is 24.5 Å². The second-order valence-electron chi connectivity index (χ2n) is 14.0. The zero-order valence-electron chi connectivity index (χ0n) is 31.7. The third kappa shape index (κ3) is 34.2. The first-order chi connectivity index (χ1) is 23.5. The largest absolute Gasteiger partial charge is 0.466 e. The van der Waals surface area contributed by atoms with Gasteiger partial charge in [-0.2, -0.15) is 0 Å². The first-order valence-corrected chi connectivity index (χ1v) is 20.6. The highest BCUT2D eigenvalue weighted by Gasteiger charge is 2.17. The minimum atomic E-state index is -0.871. The van der Waals surface area contributed by atoms with Crippen LogP contribution in [0, 0.1) is 0 Å². The first-order valence-electron chi connectivity index (χ1n) is 20.6. The highest BCUT2D eigenvalue weighted by molar-refractivity contribution is 5.76. The maximum absolute atomic E-state index is 12.3. The summed E-state index contributed by atoms with van der Waals surface area (Å²) in [6.45, 7) is 4.76. The van der Waals surface area contributed by atoms with Crippen LogP contribution in [-0.2, 0) is 14.3 Å². The van der Waals surface area contributed by atoms with Crippen LogP contribution in [0.1, 0.15) is 206 Å². The number of allylic oxidation sites excluding steroid dienone is 3. The molecule has 48 heavy (non-hydrogen) atoms. The monoisotopic (exact) mass is 678 g/mol. The fraction of sp³-hybridized carbons (Fsp3) is 0.857. The zero-order valence-corrected chi connectivity index (χ0v) is 31.7. The molecule has 0 fully saturated rings. The quantitative estimate of drug-likeness (QED) is 0.0345. The molecule has 0 saturated heterocycles. The van der Waals surface area contributed by atoms with Crippen molar-refractivity contribution in [1.82, 2.24) is 5.32 Å². The Kier molecular flexibility index (Phi) is 36.8. The minimum Gasteiger partial charge on any atom is -0.466 e. The number of unbranched alkanes of at least 4 members (excludes halogenated alkanes) is 24. The van der Waals surface area contributed by atoms with E-state index in [1.54, 1.807) is 6.08 Å². The maximum atomic E-state index is 12.3. The molecule has 282 valence electrons. The van der Waals surface area contributed by atoms with Crippen molar-refractivity contribution in [3.8, 4) is 0 Å². The standard InChI is InChI=1S/C42H79NO5/c1-3-5-7-9-11-13-14-15-16-20-24-28-32-36-42(47)48-37-33-29-25-21-17-19-23-27-31-35-41(46)43-39(38-44)40(45)34-30-26-22-18-12-10-8-6-4-2/h19,23,30,34,39-40,44-45H,3-18,20-22,24-29,31-33,35-38H2,1-2H3,(H,43,46)/b23-19-,34-30+. The fourth-order valence-corrected chi connectivity index (χ4v) is 5.99. The Morgan fingerprint density at radius 3 is 1.52 bits per heavy atom. The molecule has 0 aliphatic rings. The Bertz CT molecular complexity index is 752. The van der Waals surface area contributed by atoms with Crippen molar-refractivity contribution in [1.29, 1.82) is 0 Å². The summed E-state index contributed by atoms with van der Waals surface area (Å²) in [5.41, 5.74) is 0. The third-order valence-electron chi connectivity index (χ3n) is 9.22. The van der Waals surface area contributed by atoms with Crippen LogP contribution in [0.2, 0.25) is 0 Å². The summed E-state index contributed by atoms with van der Waals surface area (Å²) in [4.78, 5) is 24.2. The molecule has 0 aliphatic heterocycles. The van der Waals surface area contributed by atoms with Crippen LogP contribution in [0.3, 0.4) is 0 Å². The number of rotatable bonds is 37. The molecule has 2 atom stereocenters. The lowest BCUT2D eigenvalue weighted by Crippen LogP contribution is -2.45. The van der Waals surface area contributed by atoms with E-state index < -0.39 is 12.1 Å². The summed E-state index contributed by atoms with van der Waals surface area (Å²) < 4.78 is 5.41. The number of carbonyl (C=O) groups is 2. The van der Waals surface area contributed by atoms with Gasteiger partial charge in [-0.25, -0.2) is 0 Å². The summed E-state index contributed by atoms with van der Waals surface area (Å²) >= 11 is 0. The predicted octanol–water partition coefficient (Wildman–Crippen LogP) is 11.2. The Balaban J connectivity index is 3.58. The molecule has 0 heterocycles. The van der Waals surface area contributed by atoms with Crippen molar-refractivity contribution in [2.45, 2.75) is 219 Å². The van der Waals surface area contributed by atoms with Crippen LogP contribution < -0.4 is 5.32 Å². The van der Waals surface area contributed by atoms with E-state index in [1.807, 2.05) is 6.08 Å². The number of carbonyl (C=O) groups excluding carboxylic acids is 2. The third-order valence-corrected chi connectivity index (χ3v) is 9.22. The molecule has 0 aliphatic carbocycles. The van der Waals surface area contributed by atoms with Gasteiger partial charge in [-0.05, 0) is 51.4 Å². The normalized spacial score (nSPS) is 13.0. The van der Waals surface area contributed by atoms with Crippen LogP contribution in [0.5, 0.6) is 0 Å². The van der Waals surface area contributed by atoms with Crippen LogP contribution in [0.15, 0.2) is 24.3 Å². The zero-order chi connectivity index (χ0) is 35.2. The van der Waals surface area contributed by atoms with Gasteiger partial charge in [0.2, 0.25) is 5.91 Å². The van der Waals surface area contributed by atoms with E-state index >= 15 is 0 Å². The fourth-order valence-electron chi connectivity index (χ4n) is 5.99. The van der Waals surface area contributed by atoms with E-state index in [0.717, 1.165) is 70.6 Å². The molecule has 0 aromatic heterocycles. The summed E-state index contributed by atoms with van der Waals surface area (Å²) in [5, 5.41) is 22.7. The Morgan fingerprint density at radius 2 is 1.00 bits per heavy atom. The number of hydrogen-bond donors (Lipinski definition) is 3. The van der Waals surface area contributed by atoms with E-state index in [0.29, 0.717) is 19.4 Å². The van der Waals surface area contributed by atoms with Crippen molar-refractivity contribution >= 4 is 11.9 Å². The van der Waals surface area contributed by atoms with E-state index in [9.17, 15) is 19.8 Å². The Morgan fingerprint density at radius 1 is 0.562 bits per heavy atom. The van der Waals surface area contributed by atoms with Crippen molar-refractivity contribution in [2.75, 3.05) is 13.2 Å². The lowest BCUT2D eigenvalue weighted by Gasteiger charge is -2.19. The second-order valence-corrected chi connectivity index (χ2v) is 14.0. The van der Waals surface area contributed by atoms with Gasteiger partial charge in [0.1, 0.15) is 0 Å². The number of aliphatic hydroxyl groups excluding tert-OH is 2. The molecule has 0 aromatic rings. The van der Waals surface area contributed by atoms with E-state index in [-0.39, 0.29) is 18.5 Å². The van der Waals surface area contributed by atoms with Crippen molar-refractivity contribution in [3.63, 3.8) is 0 Å². The lowest BCUT2D eigenvalue weighted by atomic mass is 10.0. The van der Waals surface area contributed by atoms with Crippen molar-refractivity contribution in [3.05, 3.63) is 24.3 Å². The van der Waals surface area contributed by atoms with Crippen LogP contribution >= 0.6 is 0 Å². The van der Waals surface area contributed by atoms with Gasteiger partial charge < -0.3 is 20.3 Å². The van der Waals surface area contributed by atoms with Gasteiger partial charge in [0.05, 0.1) is 25.4 Å². The second kappa shape index (κ2) is 38.1. The molecular weight excluding hydrogens is 598 g/mol. The molecule has 0 rings (SSSR count). The number of esters is 1. The van der Waals surface area contributed by atoms with E-state index in [4.69, 9.17) is 4.74 Å². The van der Waals surface area contributed by atoms with Gasteiger partial charge in [0, 0.05) is 12.8 Å². The number of amides is 1. The van der Waals surface area contributed by atoms with Crippen LogP contribution in [-0.4, -0.2) is 47.4 Å². The Labute approximate surface area is 297 Å². The van der Waals surface area contributed by atoms with Crippen molar-refractivity contribution in [2.24, 2.45) is 0 Å². The summed E-state index contributed by atoms with van der Waals surface area (Å²) in [6.07, 6.45) is 41.7. The van der Waals surface area contributed by atoms with Gasteiger partial charge in [-0.3, -0.25) is 9.59 Å². The molecule has 6 heteroatoms. The summed E-state index contributed by atoms with van der Waals surface area (Å²) in [5.74, 6) is -0.171. The van der Waals surface area contributed by atoms with Gasteiger partial charge in [0.25, 0.3) is 0 Å². The molecule has 0 bridgehead atoms. The SMILES string of the molecule is CCCCCCCCC/C=C/C(O)C(CO)NC(=O)CCC/C=C\CCCCCCOC(=O)CCCCCCCCCCCCCCC. The van der Waals surface area contributed by atoms with E-state index in [1.165, 1.54) is 109 Å². The molecule has 0 saturated carbocycles. The Hall–Kier alpha value is -1.66. The number of nitrogens with one attached hydrogen (secondary N) is 1. The van der Waals surface area contributed by atoms with Crippen LogP contribution in [0.4, 0.5) is 0 Å². The van der Waals surface area contributed by atoms with Gasteiger partial charge >= 0.3 is 5.97 Å². The predicted molar refractivity (Wildman–Crippen MR) is 204 cm³/mol. The molecule has 6 nitrogen and oxygen atoms in total. The lowest BCUT2D eigenvalue weighted by molar-refractivity contribution is -0.143. The highest BCUT2D eigenvalue weighted by atomic mass is 16.5. The van der Waals surface area contributed by atoms with Gasteiger partial charge in [-0.15, -0.1) is 0 Å². The number of hydrogen-bond acceptors (Lipinski definition) is 5. The molecule has 0 spiro atoms. The molecule has 0 aromatic carbocycles. The average molecular weight is 678 g/mol. The van der Waals surface area contributed by atoms with Gasteiger partial charge in [0.15, 0.2) is 0 Å². The molecule has 0 radical (unpaired) electrons. The summed E-state index contributed by atoms with van der Waals surface area (Å²) in [6, 6.07) is -0.661. The molecule has 3 N–H and O–H groups in total. The van der Waals surface area contributed by atoms with Gasteiger partial charge in [-0.1, -0.05) is 167 Å². The van der Waals surface area contributed by atoms with E-state index in [2.05, 4.69) is 31.3 Å². The summed E-state index contributed by atoms with van der Waals surface area (Å²) in [7, 11) is 0. The average Bonchev–Trinajstić information content (AvgIpc) is 3.08. The van der Waals surface area contributed by atoms with Crippen LogP contribution in [0.25, 0.3) is 0 Å². The topological polar surface area (TPSA) is 95.9 Å². The highest BCUT2D eigenvalue weighted by Crippen LogP contribution is 2.14. The smallest absolute Gasteiger partial charge is 0.305 e. The number of aliphatic hydroxyl groups is 2. The first kappa shape index (κ1) is 46.3. The molecular formula is C42H79NO5. The number of ether oxygens (including phenoxy) is 1. The molecule has 2 unspecified atom stereocenters.